The van der Waals surface area contributed by atoms with Gasteiger partial charge in [-0.25, -0.2) is 19.7 Å². The number of nitrogens with two attached hydrogens (primary N) is 2. The third-order valence-corrected chi connectivity index (χ3v) is 17.4. The number of esters is 1. The van der Waals surface area contributed by atoms with Crippen LogP contribution in [-0.2, 0) is 59.3 Å². The molecule has 0 radical (unpaired) electrons. The molecule has 0 saturated carbocycles. The molecule has 0 saturated heterocycles. The fourth-order valence-electron chi connectivity index (χ4n) is 11.5. The number of methoxy groups -OCH3 is 1. The predicted molar refractivity (Wildman–Crippen MR) is 447 cm³/mol. The number of benzene rings is 7. The number of para-hydroxylation sites is 3. The zero-order chi connectivity index (χ0) is 79.3. The van der Waals surface area contributed by atoms with Crippen LogP contribution < -0.4 is 47.2 Å². The van der Waals surface area contributed by atoms with Gasteiger partial charge in [0.05, 0.1) is 65.6 Å². The largest absolute Gasteiger partial charge is 1.00 e. The van der Waals surface area contributed by atoms with Crippen LogP contribution in [0.4, 0.5) is 0 Å². The van der Waals surface area contributed by atoms with E-state index in [9.17, 15) is 33.6 Å². The molecule has 0 aliphatic carbocycles. The topological polar surface area (TPSA) is 413 Å². The molecule has 9 heterocycles. The van der Waals surface area contributed by atoms with Crippen molar-refractivity contribution in [3.8, 4) is 11.4 Å². The molecule has 2 amide bonds. The first-order valence-corrected chi connectivity index (χ1v) is 36.1. The second-order valence-electron chi connectivity index (χ2n) is 25.2. The average Bonchev–Trinajstić information content (AvgIpc) is 1.63. The number of aryl methyl sites for hydroxylation is 1. The van der Waals surface area contributed by atoms with Gasteiger partial charge in [0, 0.05) is 93.3 Å². The van der Waals surface area contributed by atoms with Crippen LogP contribution in [-0.4, -0.2) is 174 Å². The van der Waals surface area contributed by atoms with E-state index in [-0.39, 0.29) is 79.3 Å². The van der Waals surface area contributed by atoms with Crippen molar-refractivity contribution in [3.63, 3.8) is 0 Å². The molecule has 586 valence electrons. The summed E-state index contributed by atoms with van der Waals surface area (Å²) in [6.45, 7) is 2.96. The molecule has 0 bridgehead atoms. The third kappa shape index (κ3) is 25.8. The number of pyridine rings is 3. The number of fused-ring (bicyclic) bond motifs is 8. The van der Waals surface area contributed by atoms with Crippen LogP contribution in [0, 0.1) is 0 Å². The fraction of sp³-hybridized carbons (Fsp3) is 0.169. The van der Waals surface area contributed by atoms with Crippen LogP contribution in [0.3, 0.4) is 0 Å². The average molecular weight is 1610 g/mol. The number of aromatic amines is 3. The molecular weight excluding hydrogens is 1520 g/mol. The van der Waals surface area contributed by atoms with E-state index in [1.165, 1.54) is 17.9 Å². The molecule has 0 fully saturated rings. The summed E-state index contributed by atoms with van der Waals surface area (Å²) in [7, 11) is 9.40. The number of ketones is 1. The summed E-state index contributed by atoms with van der Waals surface area (Å²) in [6.07, 6.45) is 13.4. The summed E-state index contributed by atoms with van der Waals surface area (Å²) < 4.78 is 10.5. The van der Waals surface area contributed by atoms with E-state index in [4.69, 9.17) is 28.2 Å². The second-order valence-corrected chi connectivity index (χ2v) is 26.3. The van der Waals surface area contributed by atoms with Crippen LogP contribution in [0.25, 0.3) is 98.7 Å². The van der Waals surface area contributed by atoms with Crippen molar-refractivity contribution in [3.05, 3.63) is 266 Å². The number of nitrogens with zero attached hydrogens (tertiary/aromatic N) is 11. The minimum Gasteiger partial charge on any atom is -1.00 e. The zero-order valence-electron chi connectivity index (χ0n) is 64.6. The van der Waals surface area contributed by atoms with E-state index in [1.54, 1.807) is 30.7 Å². The van der Waals surface area contributed by atoms with Gasteiger partial charge in [-0.2, -0.15) is 15.3 Å². The number of aromatic nitrogens is 12. The minimum atomic E-state index is -1.14. The number of rotatable bonds is 18. The summed E-state index contributed by atoms with van der Waals surface area (Å²) in [5, 5.41) is 34.9. The molecule has 0 spiro atoms. The van der Waals surface area contributed by atoms with E-state index < -0.39 is 28.2 Å². The van der Waals surface area contributed by atoms with Crippen molar-refractivity contribution < 1.29 is 79.9 Å². The number of carboxylic acid groups (broad SMARTS) is 1. The molecule has 16 aromatic rings. The van der Waals surface area contributed by atoms with Gasteiger partial charge < -0.3 is 58.3 Å². The van der Waals surface area contributed by atoms with Gasteiger partial charge in [0.2, 0.25) is 11.8 Å². The molecule has 0 aliphatic heterocycles. The Balaban J connectivity index is 0.000000242. The third-order valence-electron chi connectivity index (χ3n) is 16.7. The number of amides is 2. The number of carbonyl (C=O) groups excluding carboxylic acids is 6. The summed E-state index contributed by atoms with van der Waals surface area (Å²) in [5.74, 6) is -2.34. The monoisotopic (exact) mass is 1610 g/mol. The van der Waals surface area contributed by atoms with E-state index in [1.807, 2.05) is 175 Å². The Morgan fingerprint density at radius 2 is 1.02 bits per heavy atom. The number of Topliss-reactive ketones (excluding diaryl/α,β-unsaturated/α-hetero) is 1. The van der Waals surface area contributed by atoms with Gasteiger partial charge in [-0.15, -0.1) is 11.6 Å². The first kappa shape index (κ1) is 91.0. The molecule has 0 unspecified atom stereocenters. The fourth-order valence-corrected chi connectivity index (χ4v) is 11.7. The summed E-state index contributed by atoms with van der Waals surface area (Å²) in [6, 6.07) is 67.5. The molecule has 13 N–H and O–H groups in total. The van der Waals surface area contributed by atoms with Gasteiger partial charge in [-0.1, -0.05) is 115 Å². The number of aliphatic carboxylic acids is 1. The number of carboxylic acids is 1. The van der Waals surface area contributed by atoms with Crippen LogP contribution >= 0.6 is 34.8 Å². The molecule has 7 aromatic carbocycles. The predicted octanol–water partition coefficient (Wildman–Crippen LogP) is 10.2. The maximum absolute atomic E-state index is 12.3. The van der Waals surface area contributed by atoms with Crippen LogP contribution in [0.5, 0.6) is 0 Å². The van der Waals surface area contributed by atoms with Gasteiger partial charge in [0.25, 0.3) is 5.78 Å². The van der Waals surface area contributed by atoms with Gasteiger partial charge >= 0.3 is 52.0 Å². The first-order valence-electron chi connectivity index (χ1n) is 34.8. The van der Waals surface area contributed by atoms with Crippen LogP contribution in [0.1, 0.15) is 41.7 Å². The Morgan fingerprint density at radius 1 is 0.535 bits per heavy atom. The maximum atomic E-state index is 12.3. The Kier molecular flexibility index (Phi) is 36.4. The van der Waals surface area contributed by atoms with Crippen LogP contribution in [0.15, 0.2) is 243 Å². The van der Waals surface area contributed by atoms with Crippen molar-refractivity contribution in [1.29, 1.82) is 0 Å². The van der Waals surface area contributed by atoms with Crippen molar-refractivity contribution in [2.24, 2.45) is 11.5 Å². The molecule has 0 atom stereocenters. The van der Waals surface area contributed by atoms with Gasteiger partial charge in [0.1, 0.15) is 16.9 Å². The number of hydrogen-bond acceptors (Lipinski definition) is 17. The second kappa shape index (κ2) is 45.6. The number of ether oxygens (including phenoxy) is 1. The molecule has 27 nitrogen and oxygen atoms in total. The van der Waals surface area contributed by atoms with Crippen LogP contribution in [0.2, 0.25) is 0 Å². The number of primary amides is 2. The van der Waals surface area contributed by atoms with Crippen molar-refractivity contribution in [2.75, 3.05) is 54.3 Å². The normalized spacial score (nSPS) is 10.4. The quantitative estimate of drug-likeness (QED) is 0.0105. The van der Waals surface area contributed by atoms with E-state index in [0.717, 1.165) is 127 Å². The van der Waals surface area contributed by atoms with E-state index >= 15 is 0 Å². The molecule has 0 aliphatic rings. The Morgan fingerprint density at radius 3 is 1.55 bits per heavy atom. The zero-order valence-corrected chi connectivity index (χ0v) is 67.9. The van der Waals surface area contributed by atoms with Crippen molar-refractivity contribution >= 4 is 162 Å². The molecule has 31 heteroatoms. The smallest absolute Gasteiger partial charge is 1.00 e. The number of alkyl halides is 1. The molecule has 9 aromatic heterocycles. The number of halogens is 3. The molecular formula is C83H87Cl3N17NaO10. The molecule has 16 rings (SSSR count). The standard InChI is InChI=1S/C20H14N2O3.C17H12N2.C14H20N4O.C9H9N3O.C9H8N2O2.C7H6N2.C5H12ClN.C2Cl2O2.H3N.Na.H2O.H/c1-25-20(24)18(23)17-12-22(19-16(17)7-4-10-21-19)15-9-8-13-5-2-3-6-14(13)11-15;1-2-5-15-12-16(8-7-13(15)4-1)19-11-9-14-6-3-10-18-17(14)19;1-17(2)8-5-9-18-13-7-4-3-6-11(13)12(16-18)10-14(15)19;10-9(13)5-8-6-3-1-2-4-7(6)11-12-8;12-9(13)5-8-6-3-1-2-4-7(6)10-11-8;1-2-6-3-5-9-7(6)8-4-1;1-7(2)5-3-4-6;3-1(5)2(4)6;;;;/h2-12H,1H3;1-12H;3-4,6-7H,5,8-10H2,1-2H3,(H2,15,19);1-4H,5H2,(H2,10,13)(H,11,12);1-4H,5H2,(H,10,11)(H,12,13);1-5H,(H,8,9);3-5H2,1-2H3;;1H3;;1H2;/q;;;;;;;;;+1;;-1. The van der Waals surface area contributed by atoms with Crippen molar-refractivity contribution in [1.82, 2.24) is 75.2 Å². The molecule has 114 heavy (non-hydrogen) atoms. The summed E-state index contributed by atoms with van der Waals surface area (Å²) in [5.41, 5.74) is 20.2. The Hall–Kier alpha value is -11.9. The number of H-pyrrole nitrogens is 3. The number of carbonyl (C=O) groups is 7. The minimum absolute atomic E-state index is 0. The summed E-state index contributed by atoms with van der Waals surface area (Å²) >= 11 is 14.4. The summed E-state index contributed by atoms with van der Waals surface area (Å²) in [4.78, 5) is 95.3. The van der Waals surface area contributed by atoms with Gasteiger partial charge in [0.15, 0.2) is 0 Å². The van der Waals surface area contributed by atoms with Gasteiger partial charge in [-0.05, 0) is 190 Å². The SMILES string of the molecule is CN(C)CCCCl.CN(C)CCCn1nc(CC(N)=O)c2ccccc21.COC(=O)C(=O)c1cn(-c2ccc3ccccc3c2)c2ncccc12.N.NC(=O)Cc1[nH]nc2ccccc12.O.O=C(Cl)C(=O)Cl.O=C(O)Cc1[nH]nc2ccccc12.[H-].[Na+].c1ccc2cc(-n3ccc4cccnc43)ccc2c1.c1cnc2[nH]ccc2c1. The van der Waals surface area contributed by atoms with Gasteiger partial charge in [-0.3, -0.25) is 43.6 Å². The number of nitrogens with one attached hydrogen (secondary N) is 3. The number of hydrogen-bond donors (Lipinski definition) is 7. The maximum Gasteiger partial charge on any atom is 1.00 e. The Labute approximate surface area is 694 Å². The van der Waals surface area contributed by atoms with E-state index in [0.29, 0.717) is 16.7 Å². The first-order chi connectivity index (χ1) is 53.6. The Bertz CT molecular complexity index is 5740. The van der Waals surface area contributed by atoms with E-state index in [2.05, 4.69) is 163 Å². The van der Waals surface area contributed by atoms with Crippen molar-refractivity contribution in [2.45, 2.75) is 38.6 Å².